The van der Waals surface area contributed by atoms with Gasteiger partial charge in [-0.1, -0.05) is 0 Å². The number of anilines is 1. The third-order valence-electron chi connectivity index (χ3n) is 2.48. The number of rotatable bonds is 4. The third kappa shape index (κ3) is 2.80. The van der Waals surface area contributed by atoms with Crippen LogP contribution in [-0.4, -0.2) is 34.1 Å². The minimum Gasteiger partial charge on any atom is -0.495 e. The molecule has 0 atom stereocenters. The van der Waals surface area contributed by atoms with Gasteiger partial charge < -0.3 is 20.1 Å². The van der Waals surface area contributed by atoms with Crippen molar-refractivity contribution in [3.05, 3.63) is 40.4 Å². The number of imidazole rings is 1. The highest BCUT2D eigenvalue weighted by atomic mass is 79.9. The molecular formula is C12H10BrN3O4. The molecule has 0 spiro atoms. The zero-order valence-corrected chi connectivity index (χ0v) is 11.9. The average molecular weight is 340 g/mol. The number of hydrogen-bond acceptors (Lipinski definition) is 4. The molecule has 3 N–H and O–H groups in total. The van der Waals surface area contributed by atoms with Crippen molar-refractivity contribution in [1.82, 2.24) is 9.97 Å². The molecule has 0 aliphatic carbocycles. The Bertz CT molecular complexity index is 668. The van der Waals surface area contributed by atoms with Crippen LogP contribution in [0.5, 0.6) is 5.75 Å². The average Bonchev–Trinajstić information content (AvgIpc) is 2.90. The Kier molecular flexibility index (Phi) is 4.04. The lowest BCUT2D eigenvalue weighted by atomic mass is 10.2. The van der Waals surface area contributed by atoms with Gasteiger partial charge in [-0.2, -0.15) is 0 Å². The van der Waals surface area contributed by atoms with E-state index >= 15 is 0 Å². The summed E-state index contributed by atoms with van der Waals surface area (Å²) in [6.45, 7) is 0. The Labute approximate surface area is 122 Å². The number of aromatic amines is 1. The van der Waals surface area contributed by atoms with Crippen molar-refractivity contribution < 1.29 is 19.4 Å². The van der Waals surface area contributed by atoms with E-state index in [4.69, 9.17) is 9.84 Å². The first-order chi connectivity index (χ1) is 9.52. The highest BCUT2D eigenvalue weighted by Gasteiger charge is 2.19. The summed E-state index contributed by atoms with van der Waals surface area (Å²) >= 11 is 3.29. The number of halogens is 1. The van der Waals surface area contributed by atoms with E-state index in [-0.39, 0.29) is 11.4 Å². The van der Waals surface area contributed by atoms with E-state index in [1.54, 1.807) is 18.2 Å². The minimum absolute atomic E-state index is 0.181. The number of ether oxygens (including phenoxy) is 1. The summed E-state index contributed by atoms with van der Waals surface area (Å²) < 4.78 is 5.85. The van der Waals surface area contributed by atoms with Crippen molar-refractivity contribution in [3.63, 3.8) is 0 Å². The highest BCUT2D eigenvalue weighted by molar-refractivity contribution is 9.10. The summed E-state index contributed by atoms with van der Waals surface area (Å²) in [5, 5.41) is 11.5. The highest BCUT2D eigenvalue weighted by Crippen LogP contribution is 2.28. The fourth-order valence-corrected chi connectivity index (χ4v) is 1.97. The molecule has 2 rings (SSSR count). The number of nitrogens with one attached hydrogen (secondary N) is 2. The van der Waals surface area contributed by atoms with Crippen LogP contribution in [0, 0.1) is 0 Å². The van der Waals surface area contributed by atoms with Crippen LogP contribution in [-0.2, 0) is 0 Å². The Hall–Kier alpha value is -2.35. The summed E-state index contributed by atoms with van der Waals surface area (Å²) in [5.41, 5.74) is 0.0281. The summed E-state index contributed by atoms with van der Waals surface area (Å²) in [6, 6.07) is 4.96. The third-order valence-corrected chi connectivity index (χ3v) is 3.13. The Morgan fingerprint density at radius 2 is 2.20 bits per heavy atom. The second-order valence-corrected chi connectivity index (χ2v) is 4.59. The first-order valence-electron chi connectivity index (χ1n) is 5.44. The molecule has 0 unspecified atom stereocenters. The van der Waals surface area contributed by atoms with Gasteiger partial charge in [-0.05, 0) is 28.1 Å². The van der Waals surface area contributed by atoms with Gasteiger partial charge in [-0.25, -0.2) is 9.78 Å². The van der Waals surface area contributed by atoms with E-state index in [1.807, 2.05) is 0 Å². The molecule has 1 amide bonds. The van der Waals surface area contributed by atoms with Crippen LogP contribution >= 0.6 is 15.9 Å². The van der Waals surface area contributed by atoms with Crippen LogP contribution < -0.4 is 10.1 Å². The first kappa shape index (κ1) is 14.1. The van der Waals surface area contributed by atoms with E-state index in [2.05, 4.69) is 31.2 Å². The van der Waals surface area contributed by atoms with E-state index in [9.17, 15) is 9.59 Å². The molecule has 8 heteroatoms. The van der Waals surface area contributed by atoms with Crippen LogP contribution in [0.15, 0.2) is 29.0 Å². The lowest BCUT2D eigenvalue weighted by Crippen LogP contribution is -2.16. The summed E-state index contributed by atoms with van der Waals surface area (Å²) in [6.07, 6.45) is 1.15. The normalized spacial score (nSPS) is 10.1. The maximum absolute atomic E-state index is 12.0. The van der Waals surface area contributed by atoms with Gasteiger partial charge in [-0.3, -0.25) is 4.79 Å². The number of aromatic carboxylic acids is 1. The molecule has 0 radical (unpaired) electrons. The number of nitrogens with zero attached hydrogens (tertiary/aromatic N) is 1. The van der Waals surface area contributed by atoms with Gasteiger partial charge in [0.25, 0.3) is 5.91 Å². The maximum atomic E-state index is 12.0. The van der Waals surface area contributed by atoms with Crippen molar-refractivity contribution in [3.8, 4) is 5.75 Å². The number of carbonyl (C=O) groups excluding carboxylic acids is 1. The second kappa shape index (κ2) is 5.74. The Morgan fingerprint density at radius 1 is 1.45 bits per heavy atom. The number of H-pyrrole nitrogens is 1. The molecule has 20 heavy (non-hydrogen) atoms. The van der Waals surface area contributed by atoms with E-state index in [0.717, 1.165) is 10.8 Å². The second-order valence-electron chi connectivity index (χ2n) is 3.73. The summed E-state index contributed by atoms with van der Waals surface area (Å²) in [7, 11) is 1.50. The molecule has 2 aromatic rings. The first-order valence-corrected chi connectivity index (χ1v) is 6.23. The monoisotopic (exact) mass is 339 g/mol. The maximum Gasteiger partial charge on any atom is 0.354 e. The predicted octanol–water partition coefficient (Wildman–Crippen LogP) is 2.13. The van der Waals surface area contributed by atoms with Gasteiger partial charge in [0.1, 0.15) is 5.75 Å². The van der Waals surface area contributed by atoms with Crippen LogP contribution in [0.3, 0.4) is 0 Å². The number of hydrogen-bond donors (Lipinski definition) is 3. The fraction of sp³-hybridized carbons (Fsp3) is 0.0833. The molecule has 0 bridgehead atoms. The van der Waals surface area contributed by atoms with Crippen molar-refractivity contribution >= 4 is 33.5 Å². The Morgan fingerprint density at radius 3 is 2.85 bits per heavy atom. The summed E-state index contributed by atoms with van der Waals surface area (Å²) in [4.78, 5) is 29.0. The van der Waals surface area contributed by atoms with Gasteiger partial charge in [0, 0.05) is 11.8 Å². The number of carboxylic acids is 1. The zero-order chi connectivity index (χ0) is 14.7. The molecular weight excluding hydrogens is 330 g/mol. The molecule has 1 aromatic carbocycles. The predicted molar refractivity (Wildman–Crippen MR) is 74.2 cm³/mol. The van der Waals surface area contributed by atoms with Crippen LogP contribution in [0.25, 0.3) is 0 Å². The molecule has 0 aliphatic rings. The molecule has 104 valence electrons. The molecule has 7 nitrogen and oxygen atoms in total. The van der Waals surface area contributed by atoms with Gasteiger partial charge in [0.2, 0.25) is 0 Å². The number of benzene rings is 1. The van der Waals surface area contributed by atoms with Gasteiger partial charge >= 0.3 is 5.97 Å². The molecule has 1 heterocycles. The largest absolute Gasteiger partial charge is 0.495 e. The molecule has 0 aliphatic heterocycles. The summed E-state index contributed by atoms with van der Waals surface area (Å²) in [5.74, 6) is -1.32. The number of carboxylic acid groups (broad SMARTS) is 1. The smallest absolute Gasteiger partial charge is 0.354 e. The van der Waals surface area contributed by atoms with Crippen molar-refractivity contribution in [2.75, 3.05) is 12.4 Å². The topological polar surface area (TPSA) is 104 Å². The van der Waals surface area contributed by atoms with Crippen LogP contribution in [0.1, 0.15) is 21.0 Å². The standard InChI is InChI=1S/C12H10BrN3O4/c1-20-8-4-6(2-3-7(8)13)16-11(17)9-10(12(18)19)15-5-14-9/h2-5H,1H3,(H,14,15)(H,16,17)(H,18,19). The molecule has 0 saturated heterocycles. The van der Waals surface area contributed by atoms with Gasteiger partial charge in [-0.15, -0.1) is 0 Å². The molecule has 1 aromatic heterocycles. The van der Waals surface area contributed by atoms with E-state index in [1.165, 1.54) is 7.11 Å². The molecule has 0 saturated carbocycles. The van der Waals surface area contributed by atoms with Gasteiger partial charge in [0.05, 0.1) is 17.9 Å². The Balaban J connectivity index is 2.23. The van der Waals surface area contributed by atoms with E-state index in [0.29, 0.717) is 11.4 Å². The number of amides is 1. The van der Waals surface area contributed by atoms with Gasteiger partial charge in [0.15, 0.2) is 11.4 Å². The lowest BCUT2D eigenvalue weighted by Gasteiger charge is -2.07. The fourth-order valence-electron chi connectivity index (χ4n) is 1.56. The minimum atomic E-state index is -1.25. The van der Waals surface area contributed by atoms with Crippen molar-refractivity contribution in [1.29, 1.82) is 0 Å². The van der Waals surface area contributed by atoms with Crippen molar-refractivity contribution in [2.45, 2.75) is 0 Å². The number of carbonyl (C=O) groups is 2. The van der Waals surface area contributed by atoms with E-state index < -0.39 is 11.9 Å². The number of methoxy groups -OCH3 is 1. The lowest BCUT2D eigenvalue weighted by molar-refractivity contribution is 0.0686. The van der Waals surface area contributed by atoms with Crippen LogP contribution in [0.4, 0.5) is 5.69 Å². The van der Waals surface area contributed by atoms with Crippen molar-refractivity contribution in [2.24, 2.45) is 0 Å². The van der Waals surface area contributed by atoms with Crippen LogP contribution in [0.2, 0.25) is 0 Å². The SMILES string of the molecule is COc1cc(NC(=O)c2nc[nH]c2C(=O)O)ccc1Br. The molecule has 0 fully saturated rings. The zero-order valence-electron chi connectivity index (χ0n) is 10.3. The quantitative estimate of drug-likeness (QED) is 0.791. The number of aromatic nitrogens is 2.